The van der Waals surface area contributed by atoms with Gasteiger partial charge in [0, 0.05) is 0 Å². The molecule has 2 unspecified atom stereocenters. The van der Waals surface area contributed by atoms with Gasteiger partial charge in [-0.15, -0.1) is 0 Å². The van der Waals surface area contributed by atoms with Crippen LogP contribution in [0.25, 0.3) is 0 Å². The smallest absolute Gasteiger partial charge is 0.325 e. The summed E-state index contributed by atoms with van der Waals surface area (Å²) in [4.78, 5) is 24.5. The summed E-state index contributed by atoms with van der Waals surface area (Å²) in [5, 5.41) is 0. The van der Waals surface area contributed by atoms with Gasteiger partial charge in [-0.3, -0.25) is 9.59 Å². The minimum absolute atomic E-state index is 0.180. The maximum atomic E-state index is 12.3. The summed E-state index contributed by atoms with van der Waals surface area (Å²) < 4.78 is 9.84. The van der Waals surface area contributed by atoms with Gasteiger partial charge in [-0.1, -0.05) is 37.3 Å². The molecule has 0 bridgehead atoms. The summed E-state index contributed by atoms with van der Waals surface area (Å²) in [6.07, 6.45) is 0.203. The average molecular weight is 279 g/mol. The summed E-state index contributed by atoms with van der Waals surface area (Å²) >= 11 is 0. The number of rotatable bonds is 6. The van der Waals surface area contributed by atoms with Crippen molar-refractivity contribution in [1.29, 1.82) is 0 Å². The highest BCUT2D eigenvalue weighted by atomic mass is 16.6. The van der Waals surface area contributed by atoms with E-state index in [1.54, 1.807) is 38.1 Å². The normalized spacial score (nSPS) is 15.0. The second-order valence-corrected chi connectivity index (χ2v) is 4.43. The van der Waals surface area contributed by atoms with Crippen molar-refractivity contribution in [2.24, 2.45) is 11.1 Å². The molecule has 0 aliphatic heterocycles. The van der Waals surface area contributed by atoms with Gasteiger partial charge in [-0.05, 0) is 18.9 Å². The number of carbonyl (C=O) groups is 2. The Kier molecular flexibility index (Phi) is 5.70. The summed E-state index contributed by atoms with van der Waals surface area (Å²) in [5.74, 6) is -1.32. The third-order valence-electron chi connectivity index (χ3n) is 3.44. The number of nitrogens with two attached hydrogens (primary N) is 1. The summed E-state index contributed by atoms with van der Waals surface area (Å²) in [5.41, 5.74) is 5.36. The van der Waals surface area contributed by atoms with Crippen LogP contribution in [0.2, 0.25) is 0 Å². The Morgan fingerprint density at radius 2 is 1.80 bits per heavy atom. The van der Waals surface area contributed by atoms with E-state index in [0.29, 0.717) is 5.56 Å². The topological polar surface area (TPSA) is 78.6 Å². The molecule has 110 valence electrons. The molecule has 0 amide bonds. The monoisotopic (exact) mass is 279 g/mol. The van der Waals surface area contributed by atoms with Crippen LogP contribution in [-0.2, 0) is 19.1 Å². The van der Waals surface area contributed by atoms with Crippen molar-refractivity contribution in [2.45, 2.75) is 26.3 Å². The second kappa shape index (κ2) is 7.05. The molecule has 0 heterocycles. The van der Waals surface area contributed by atoms with Gasteiger partial charge in [0.2, 0.25) is 0 Å². The van der Waals surface area contributed by atoms with Crippen LogP contribution in [0.3, 0.4) is 0 Å². The lowest BCUT2D eigenvalue weighted by atomic mass is 9.75. The van der Waals surface area contributed by atoms with Gasteiger partial charge in [0.1, 0.15) is 0 Å². The Morgan fingerprint density at radius 3 is 2.25 bits per heavy atom. The van der Waals surface area contributed by atoms with Crippen molar-refractivity contribution in [2.75, 3.05) is 13.7 Å². The van der Waals surface area contributed by atoms with Crippen LogP contribution < -0.4 is 5.73 Å². The van der Waals surface area contributed by atoms with Crippen LogP contribution >= 0.6 is 0 Å². The standard InChI is InChI=1S/C15H21NO4/c1-4-15(13(17)19-3,14(18)20-5-2)12(16)11-9-7-6-8-10-11/h6-10,12H,4-5,16H2,1-3H3. The number of benzene rings is 1. The minimum atomic E-state index is -1.52. The molecule has 0 saturated carbocycles. The number of hydrogen-bond acceptors (Lipinski definition) is 5. The molecule has 20 heavy (non-hydrogen) atoms. The maximum Gasteiger partial charge on any atom is 0.325 e. The van der Waals surface area contributed by atoms with Gasteiger partial charge in [-0.2, -0.15) is 0 Å². The van der Waals surface area contributed by atoms with Gasteiger partial charge in [-0.25, -0.2) is 0 Å². The highest BCUT2D eigenvalue weighted by Crippen LogP contribution is 2.38. The molecule has 2 N–H and O–H groups in total. The Bertz CT molecular complexity index is 460. The number of hydrogen-bond donors (Lipinski definition) is 1. The molecule has 0 radical (unpaired) electrons. The maximum absolute atomic E-state index is 12.3. The molecule has 0 aliphatic rings. The SMILES string of the molecule is CCOC(=O)C(CC)(C(=O)OC)C(N)c1ccccc1. The molecule has 2 atom stereocenters. The van der Waals surface area contributed by atoms with E-state index < -0.39 is 23.4 Å². The van der Waals surface area contributed by atoms with Crippen molar-refractivity contribution < 1.29 is 19.1 Å². The van der Waals surface area contributed by atoms with Crippen LogP contribution in [0.5, 0.6) is 0 Å². The van der Waals surface area contributed by atoms with Crippen LogP contribution in [0.4, 0.5) is 0 Å². The Morgan fingerprint density at radius 1 is 1.20 bits per heavy atom. The fourth-order valence-electron chi connectivity index (χ4n) is 2.23. The molecule has 0 fully saturated rings. The first-order valence-electron chi connectivity index (χ1n) is 6.60. The first-order valence-corrected chi connectivity index (χ1v) is 6.60. The lowest BCUT2D eigenvalue weighted by Gasteiger charge is -2.33. The molecule has 5 nitrogen and oxygen atoms in total. The van der Waals surface area contributed by atoms with Gasteiger partial charge < -0.3 is 15.2 Å². The second-order valence-electron chi connectivity index (χ2n) is 4.43. The van der Waals surface area contributed by atoms with Gasteiger partial charge in [0.25, 0.3) is 0 Å². The molecular weight excluding hydrogens is 258 g/mol. The van der Waals surface area contributed by atoms with E-state index in [4.69, 9.17) is 15.2 Å². The van der Waals surface area contributed by atoms with E-state index in [9.17, 15) is 9.59 Å². The molecule has 0 saturated heterocycles. The zero-order valence-electron chi connectivity index (χ0n) is 12.1. The predicted molar refractivity (Wildman–Crippen MR) is 74.7 cm³/mol. The number of esters is 2. The fourth-order valence-corrected chi connectivity index (χ4v) is 2.23. The van der Waals surface area contributed by atoms with Crippen molar-refractivity contribution >= 4 is 11.9 Å². The highest BCUT2D eigenvalue weighted by Gasteiger charge is 2.52. The molecule has 5 heteroatoms. The zero-order chi connectivity index (χ0) is 15.2. The predicted octanol–water partition coefficient (Wildman–Crippen LogP) is 1.82. The molecule has 0 aromatic heterocycles. The first-order chi connectivity index (χ1) is 9.54. The number of ether oxygens (including phenoxy) is 2. The fraction of sp³-hybridized carbons (Fsp3) is 0.467. The minimum Gasteiger partial charge on any atom is -0.468 e. The van der Waals surface area contributed by atoms with Crippen molar-refractivity contribution in [3.05, 3.63) is 35.9 Å². The molecular formula is C15H21NO4. The van der Waals surface area contributed by atoms with Crippen molar-refractivity contribution in [3.8, 4) is 0 Å². The summed E-state index contributed by atoms with van der Waals surface area (Å²) in [7, 11) is 1.24. The van der Waals surface area contributed by atoms with Gasteiger partial charge >= 0.3 is 11.9 Å². The van der Waals surface area contributed by atoms with Gasteiger partial charge in [0.05, 0.1) is 19.8 Å². The first kappa shape index (κ1) is 16.2. The molecule has 1 rings (SSSR count). The number of carbonyl (C=O) groups excluding carboxylic acids is 2. The summed E-state index contributed by atoms with van der Waals surface area (Å²) in [6.45, 7) is 3.58. The Hall–Kier alpha value is -1.88. The lowest BCUT2D eigenvalue weighted by Crippen LogP contribution is -2.49. The van der Waals surface area contributed by atoms with Crippen molar-refractivity contribution in [1.82, 2.24) is 0 Å². The highest BCUT2D eigenvalue weighted by molar-refractivity contribution is 6.01. The lowest BCUT2D eigenvalue weighted by molar-refractivity contribution is -0.173. The average Bonchev–Trinajstić information content (AvgIpc) is 2.49. The largest absolute Gasteiger partial charge is 0.468 e. The van der Waals surface area contributed by atoms with Crippen LogP contribution in [0.1, 0.15) is 31.9 Å². The molecule has 1 aromatic carbocycles. The van der Waals surface area contributed by atoms with Crippen LogP contribution in [0, 0.1) is 5.41 Å². The van der Waals surface area contributed by atoms with E-state index >= 15 is 0 Å². The third kappa shape index (κ3) is 2.82. The Balaban J connectivity index is 3.28. The molecule has 0 aliphatic carbocycles. The third-order valence-corrected chi connectivity index (χ3v) is 3.44. The van der Waals surface area contributed by atoms with Crippen molar-refractivity contribution in [3.63, 3.8) is 0 Å². The van der Waals surface area contributed by atoms with Crippen LogP contribution in [-0.4, -0.2) is 25.7 Å². The molecule has 1 aromatic rings. The zero-order valence-corrected chi connectivity index (χ0v) is 12.1. The van der Waals surface area contributed by atoms with E-state index in [0.717, 1.165) is 0 Å². The van der Waals surface area contributed by atoms with E-state index in [1.807, 2.05) is 6.07 Å². The van der Waals surface area contributed by atoms with Gasteiger partial charge in [0.15, 0.2) is 5.41 Å². The molecule has 0 spiro atoms. The van der Waals surface area contributed by atoms with Crippen LogP contribution in [0.15, 0.2) is 30.3 Å². The summed E-state index contributed by atoms with van der Waals surface area (Å²) in [6, 6.07) is 8.18. The quantitative estimate of drug-likeness (QED) is 0.634. The van der Waals surface area contributed by atoms with E-state index in [2.05, 4.69) is 0 Å². The van der Waals surface area contributed by atoms with E-state index in [-0.39, 0.29) is 13.0 Å². The van der Waals surface area contributed by atoms with E-state index in [1.165, 1.54) is 7.11 Å². The number of methoxy groups -OCH3 is 1. The Labute approximate surface area is 119 Å².